The van der Waals surface area contributed by atoms with Gasteiger partial charge in [0.05, 0.1) is 13.2 Å². The summed E-state index contributed by atoms with van der Waals surface area (Å²) in [6.45, 7) is 8.14. The standard InChI is InChI=1S/C17H28ClNO2/c1-6-7-14(19)15(20)9-10(2)16-12(4)13(18)8-11(3)17(16)21-5/h8,10,14-15,20H,6-7,9,19H2,1-5H3. The van der Waals surface area contributed by atoms with Gasteiger partial charge in [0.25, 0.3) is 0 Å². The molecule has 0 aromatic heterocycles. The highest BCUT2D eigenvalue weighted by molar-refractivity contribution is 6.31. The van der Waals surface area contributed by atoms with Gasteiger partial charge in [-0.2, -0.15) is 0 Å². The van der Waals surface area contributed by atoms with Crippen LogP contribution in [0.3, 0.4) is 0 Å². The van der Waals surface area contributed by atoms with Crippen molar-refractivity contribution in [1.82, 2.24) is 0 Å². The zero-order valence-corrected chi connectivity index (χ0v) is 14.5. The Bertz CT molecular complexity index is 476. The second-order valence-electron chi connectivity index (χ2n) is 5.90. The summed E-state index contributed by atoms with van der Waals surface area (Å²) >= 11 is 6.30. The van der Waals surface area contributed by atoms with E-state index in [0.29, 0.717) is 6.42 Å². The molecule has 0 spiro atoms. The molecule has 1 rings (SSSR count). The number of ether oxygens (including phenoxy) is 1. The van der Waals surface area contributed by atoms with E-state index in [0.717, 1.165) is 40.3 Å². The van der Waals surface area contributed by atoms with Gasteiger partial charge in [0.2, 0.25) is 0 Å². The predicted molar refractivity (Wildman–Crippen MR) is 89.4 cm³/mol. The quantitative estimate of drug-likeness (QED) is 0.801. The summed E-state index contributed by atoms with van der Waals surface area (Å²) in [6, 6.07) is 1.74. The lowest BCUT2D eigenvalue weighted by molar-refractivity contribution is 0.123. The number of rotatable bonds is 7. The van der Waals surface area contributed by atoms with Crippen molar-refractivity contribution in [2.75, 3.05) is 7.11 Å². The molecular formula is C17H28ClNO2. The molecule has 1 aromatic carbocycles. The van der Waals surface area contributed by atoms with E-state index in [-0.39, 0.29) is 12.0 Å². The maximum absolute atomic E-state index is 10.3. The van der Waals surface area contributed by atoms with Crippen molar-refractivity contribution in [3.63, 3.8) is 0 Å². The number of benzene rings is 1. The molecule has 3 nitrogen and oxygen atoms in total. The van der Waals surface area contributed by atoms with E-state index in [2.05, 4.69) is 13.8 Å². The summed E-state index contributed by atoms with van der Waals surface area (Å²) in [4.78, 5) is 0. The molecule has 0 amide bonds. The smallest absolute Gasteiger partial charge is 0.125 e. The van der Waals surface area contributed by atoms with Gasteiger partial charge in [-0.1, -0.05) is 31.9 Å². The van der Waals surface area contributed by atoms with Crippen LogP contribution in [0.2, 0.25) is 5.02 Å². The van der Waals surface area contributed by atoms with E-state index in [1.165, 1.54) is 0 Å². The first-order valence-corrected chi connectivity index (χ1v) is 7.98. The molecule has 0 radical (unpaired) electrons. The van der Waals surface area contributed by atoms with Gasteiger partial charge >= 0.3 is 0 Å². The van der Waals surface area contributed by atoms with E-state index in [4.69, 9.17) is 22.1 Å². The summed E-state index contributed by atoms with van der Waals surface area (Å²) in [5.74, 6) is 0.996. The Morgan fingerprint density at radius 1 is 1.38 bits per heavy atom. The van der Waals surface area contributed by atoms with Crippen LogP contribution >= 0.6 is 11.6 Å². The highest BCUT2D eigenvalue weighted by Gasteiger charge is 2.23. The minimum absolute atomic E-state index is 0.134. The molecule has 0 bridgehead atoms. The molecule has 4 heteroatoms. The molecule has 1 aromatic rings. The Morgan fingerprint density at radius 3 is 2.52 bits per heavy atom. The van der Waals surface area contributed by atoms with E-state index < -0.39 is 6.10 Å². The van der Waals surface area contributed by atoms with Crippen LogP contribution in [0.4, 0.5) is 0 Å². The van der Waals surface area contributed by atoms with Gasteiger partial charge in [-0.25, -0.2) is 0 Å². The first kappa shape index (κ1) is 18.3. The van der Waals surface area contributed by atoms with E-state index in [1.807, 2.05) is 19.9 Å². The van der Waals surface area contributed by atoms with E-state index in [1.54, 1.807) is 7.11 Å². The Morgan fingerprint density at radius 2 is 2.00 bits per heavy atom. The number of aliphatic hydroxyl groups is 1. The van der Waals surface area contributed by atoms with Crippen LogP contribution in [-0.4, -0.2) is 24.4 Å². The van der Waals surface area contributed by atoms with Crippen molar-refractivity contribution in [3.05, 3.63) is 27.8 Å². The summed E-state index contributed by atoms with van der Waals surface area (Å²) < 4.78 is 5.55. The summed E-state index contributed by atoms with van der Waals surface area (Å²) in [5.41, 5.74) is 9.12. The number of nitrogens with two attached hydrogens (primary N) is 1. The van der Waals surface area contributed by atoms with Crippen LogP contribution in [0.5, 0.6) is 5.75 Å². The fraction of sp³-hybridized carbons (Fsp3) is 0.647. The third-order valence-corrected chi connectivity index (χ3v) is 4.51. The highest BCUT2D eigenvalue weighted by Crippen LogP contribution is 2.38. The lowest BCUT2D eigenvalue weighted by atomic mass is 9.87. The second-order valence-corrected chi connectivity index (χ2v) is 6.31. The Labute approximate surface area is 133 Å². The molecule has 0 aliphatic heterocycles. The summed E-state index contributed by atoms with van der Waals surface area (Å²) in [5, 5.41) is 11.0. The average Bonchev–Trinajstić information content (AvgIpc) is 2.42. The monoisotopic (exact) mass is 313 g/mol. The zero-order chi connectivity index (χ0) is 16.2. The normalized spacial score (nSPS) is 15.6. The lowest BCUT2D eigenvalue weighted by Gasteiger charge is -2.25. The Hall–Kier alpha value is -0.770. The van der Waals surface area contributed by atoms with Crippen molar-refractivity contribution in [2.24, 2.45) is 5.73 Å². The van der Waals surface area contributed by atoms with Crippen LogP contribution in [0.25, 0.3) is 0 Å². The van der Waals surface area contributed by atoms with Gasteiger partial charge in [0.15, 0.2) is 0 Å². The zero-order valence-electron chi connectivity index (χ0n) is 13.7. The molecule has 0 aliphatic carbocycles. The number of aryl methyl sites for hydroxylation is 1. The molecule has 120 valence electrons. The van der Waals surface area contributed by atoms with Crippen molar-refractivity contribution < 1.29 is 9.84 Å². The molecular weight excluding hydrogens is 286 g/mol. The van der Waals surface area contributed by atoms with Gasteiger partial charge in [-0.3, -0.25) is 0 Å². The van der Waals surface area contributed by atoms with Crippen LogP contribution in [0.15, 0.2) is 6.07 Å². The predicted octanol–water partition coefficient (Wildman–Crippen LogP) is 3.95. The number of methoxy groups -OCH3 is 1. The van der Waals surface area contributed by atoms with Crippen molar-refractivity contribution in [1.29, 1.82) is 0 Å². The molecule has 0 fully saturated rings. The molecule has 0 saturated heterocycles. The first-order chi connectivity index (χ1) is 9.83. The molecule has 0 heterocycles. The number of aliphatic hydroxyl groups excluding tert-OH is 1. The summed E-state index contributed by atoms with van der Waals surface area (Å²) in [7, 11) is 1.67. The SMILES string of the molecule is CCCC(N)C(O)CC(C)c1c(C)c(Cl)cc(C)c1OC. The number of hydrogen-bond acceptors (Lipinski definition) is 3. The molecule has 0 saturated carbocycles. The third-order valence-electron chi connectivity index (χ3n) is 4.12. The van der Waals surface area contributed by atoms with Gasteiger partial charge in [0, 0.05) is 16.6 Å². The topological polar surface area (TPSA) is 55.5 Å². The maximum atomic E-state index is 10.3. The van der Waals surface area contributed by atoms with Gasteiger partial charge in [-0.05, 0) is 49.8 Å². The minimum atomic E-state index is -0.511. The third kappa shape index (κ3) is 4.35. The first-order valence-electron chi connectivity index (χ1n) is 7.60. The largest absolute Gasteiger partial charge is 0.496 e. The minimum Gasteiger partial charge on any atom is -0.496 e. The van der Waals surface area contributed by atoms with Crippen LogP contribution < -0.4 is 10.5 Å². The Kier molecular flexibility index (Phi) is 6.98. The van der Waals surface area contributed by atoms with Gasteiger partial charge in [0.1, 0.15) is 5.75 Å². The van der Waals surface area contributed by atoms with Crippen LogP contribution in [-0.2, 0) is 0 Å². The average molecular weight is 314 g/mol. The molecule has 0 aliphatic rings. The fourth-order valence-corrected chi connectivity index (χ4v) is 3.19. The molecule has 3 N–H and O–H groups in total. The molecule has 3 atom stereocenters. The number of hydrogen-bond donors (Lipinski definition) is 2. The fourth-order valence-electron chi connectivity index (χ4n) is 2.92. The van der Waals surface area contributed by atoms with E-state index >= 15 is 0 Å². The summed E-state index contributed by atoms with van der Waals surface area (Å²) in [6.07, 6.45) is 1.91. The van der Waals surface area contributed by atoms with Gasteiger partial charge < -0.3 is 15.6 Å². The van der Waals surface area contributed by atoms with Crippen LogP contribution in [0.1, 0.15) is 55.7 Å². The number of halogens is 1. The lowest BCUT2D eigenvalue weighted by Crippen LogP contribution is -2.35. The molecule has 3 unspecified atom stereocenters. The molecule has 21 heavy (non-hydrogen) atoms. The van der Waals surface area contributed by atoms with Crippen molar-refractivity contribution >= 4 is 11.6 Å². The maximum Gasteiger partial charge on any atom is 0.125 e. The van der Waals surface area contributed by atoms with Crippen molar-refractivity contribution in [2.45, 2.75) is 65.0 Å². The van der Waals surface area contributed by atoms with E-state index in [9.17, 15) is 5.11 Å². The highest BCUT2D eigenvalue weighted by atomic mass is 35.5. The van der Waals surface area contributed by atoms with Crippen LogP contribution in [0, 0.1) is 13.8 Å². The van der Waals surface area contributed by atoms with Gasteiger partial charge in [-0.15, -0.1) is 0 Å². The second kappa shape index (κ2) is 8.02. The van der Waals surface area contributed by atoms with Crippen molar-refractivity contribution in [3.8, 4) is 5.75 Å². The Balaban J connectivity index is 3.04.